The number of esters is 1. The van der Waals surface area contributed by atoms with Crippen molar-refractivity contribution in [3.05, 3.63) is 82.4 Å². The molecule has 0 radical (unpaired) electrons. The van der Waals surface area contributed by atoms with Gasteiger partial charge in [-0.15, -0.1) is 0 Å². The third-order valence-corrected chi connectivity index (χ3v) is 4.80. The Bertz CT molecular complexity index is 1140. The zero-order valence-corrected chi connectivity index (χ0v) is 16.5. The summed E-state index contributed by atoms with van der Waals surface area (Å²) in [5, 5.41) is 9.81. The van der Waals surface area contributed by atoms with E-state index < -0.39 is 5.97 Å². The van der Waals surface area contributed by atoms with Crippen LogP contribution in [0.5, 0.6) is 23.0 Å². The molecule has 30 heavy (non-hydrogen) atoms. The highest BCUT2D eigenvalue weighted by atomic mass is 35.5. The van der Waals surface area contributed by atoms with Crippen LogP contribution >= 0.6 is 11.6 Å². The van der Waals surface area contributed by atoms with E-state index in [4.69, 9.17) is 30.5 Å². The summed E-state index contributed by atoms with van der Waals surface area (Å²) in [4.78, 5) is 12.3. The van der Waals surface area contributed by atoms with Crippen molar-refractivity contribution >= 4 is 17.6 Å². The molecule has 3 aromatic carbocycles. The second kappa shape index (κ2) is 8.76. The molecule has 0 atom stereocenters. The molecule has 0 N–H and O–H groups in total. The molecule has 0 bridgehead atoms. The summed E-state index contributed by atoms with van der Waals surface area (Å²) >= 11 is 6.09. The van der Waals surface area contributed by atoms with E-state index in [9.17, 15) is 10.1 Å². The Labute approximate surface area is 178 Å². The van der Waals surface area contributed by atoms with Gasteiger partial charge in [0.25, 0.3) is 0 Å². The maximum Gasteiger partial charge on any atom is 0.315 e. The summed E-state index contributed by atoms with van der Waals surface area (Å²) in [6, 6.07) is 19.3. The first-order valence-corrected chi connectivity index (χ1v) is 9.50. The molecule has 0 saturated heterocycles. The van der Waals surface area contributed by atoms with Crippen molar-refractivity contribution in [2.75, 3.05) is 6.79 Å². The standard InChI is InChI=1S/C23H16ClNO5/c24-19-4-2-1-3-16(19)10-23(26)30-21-11-18(7-6-17(21)12-25)27-13-15-5-8-20-22(9-15)29-14-28-20/h1-9,11H,10,13-14H2. The van der Waals surface area contributed by atoms with Gasteiger partial charge in [0.05, 0.1) is 12.0 Å². The Kier molecular flexibility index (Phi) is 5.73. The van der Waals surface area contributed by atoms with Crippen molar-refractivity contribution in [1.82, 2.24) is 0 Å². The van der Waals surface area contributed by atoms with Gasteiger partial charge in [0, 0.05) is 11.1 Å². The number of hydrogen-bond donors (Lipinski definition) is 0. The zero-order valence-electron chi connectivity index (χ0n) is 15.8. The molecular formula is C23H16ClNO5. The molecule has 0 saturated carbocycles. The largest absolute Gasteiger partial charge is 0.489 e. The van der Waals surface area contributed by atoms with Crippen molar-refractivity contribution in [2.24, 2.45) is 0 Å². The van der Waals surface area contributed by atoms with Gasteiger partial charge in [0.15, 0.2) is 17.2 Å². The van der Waals surface area contributed by atoms with E-state index in [2.05, 4.69) is 0 Å². The molecule has 6 nitrogen and oxygen atoms in total. The first-order valence-electron chi connectivity index (χ1n) is 9.12. The summed E-state index contributed by atoms with van der Waals surface area (Å²) in [7, 11) is 0. The van der Waals surface area contributed by atoms with E-state index in [1.54, 1.807) is 36.4 Å². The van der Waals surface area contributed by atoms with Crippen molar-refractivity contribution in [2.45, 2.75) is 13.0 Å². The van der Waals surface area contributed by atoms with Crippen LogP contribution in [0.3, 0.4) is 0 Å². The molecular weight excluding hydrogens is 406 g/mol. The third kappa shape index (κ3) is 4.48. The Morgan fingerprint density at radius 2 is 1.90 bits per heavy atom. The number of ether oxygens (including phenoxy) is 4. The minimum Gasteiger partial charge on any atom is -0.489 e. The lowest BCUT2D eigenvalue weighted by atomic mass is 10.1. The molecule has 1 aliphatic heterocycles. The van der Waals surface area contributed by atoms with E-state index in [0.29, 0.717) is 27.8 Å². The van der Waals surface area contributed by atoms with Crippen LogP contribution in [-0.4, -0.2) is 12.8 Å². The number of halogens is 1. The zero-order chi connectivity index (χ0) is 20.9. The molecule has 0 unspecified atom stereocenters. The third-order valence-electron chi connectivity index (χ3n) is 4.43. The van der Waals surface area contributed by atoms with Crippen LogP contribution in [0, 0.1) is 11.3 Å². The number of nitrogens with zero attached hydrogens (tertiary/aromatic N) is 1. The van der Waals surface area contributed by atoms with Crippen LogP contribution < -0.4 is 18.9 Å². The quantitative estimate of drug-likeness (QED) is 0.425. The van der Waals surface area contributed by atoms with Gasteiger partial charge in [0.2, 0.25) is 6.79 Å². The molecule has 0 spiro atoms. The van der Waals surface area contributed by atoms with Gasteiger partial charge in [-0.3, -0.25) is 4.79 Å². The van der Waals surface area contributed by atoms with Crippen LogP contribution in [0.4, 0.5) is 0 Å². The lowest BCUT2D eigenvalue weighted by Gasteiger charge is -2.11. The predicted molar refractivity (Wildman–Crippen MR) is 109 cm³/mol. The molecule has 3 aromatic rings. The highest BCUT2D eigenvalue weighted by molar-refractivity contribution is 6.31. The Morgan fingerprint density at radius 1 is 1.07 bits per heavy atom. The predicted octanol–water partition coefficient (Wildman–Crippen LogP) is 4.67. The average Bonchev–Trinajstić information content (AvgIpc) is 3.22. The molecule has 0 aromatic heterocycles. The molecule has 1 heterocycles. The van der Waals surface area contributed by atoms with Crippen molar-refractivity contribution < 1.29 is 23.7 Å². The van der Waals surface area contributed by atoms with Crippen LogP contribution in [0.15, 0.2) is 60.7 Å². The number of carbonyl (C=O) groups excluding carboxylic acids is 1. The SMILES string of the molecule is N#Cc1ccc(OCc2ccc3c(c2)OCO3)cc1OC(=O)Cc1ccccc1Cl. The maximum absolute atomic E-state index is 12.3. The van der Waals surface area contributed by atoms with Crippen LogP contribution in [0.1, 0.15) is 16.7 Å². The molecule has 0 amide bonds. The molecule has 7 heteroatoms. The van der Waals surface area contributed by atoms with Crippen LogP contribution in [0.2, 0.25) is 5.02 Å². The smallest absolute Gasteiger partial charge is 0.315 e. The number of benzene rings is 3. The van der Waals surface area contributed by atoms with Gasteiger partial charge >= 0.3 is 5.97 Å². The summed E-state index contributed by atoms with van der Waals surface area (Å²) < 4.78 is 21.9. The highest BCUT2D eigenvalue weighted by Gasteiger charge is 2.15. The van der Waals surface area contributed by atoms with Gasteiger partial charge in [-0.2, -0.15) is 5.26 Å². The fraction of sp³-hybridized carbons (Fsp3) is 0.130. The second-order valence-electron chi connectivity index (χ2n) is 6.49. The second-order valence-corrected chi connectivity index (χ2v) is 6.90. The molecule has 0 fully saturated rings. The summed E-state index contributed by atoms with van der Waals surface area (Å²) in [5.74, 6) is 1.45. The molecule has 4 rings (SSSR count). The minimum absolute atomic E-state index is 0.00712. The van der Waals surface area contributed by atoms with E-state index in [0.717, 1.165) is 5.56 Å². The average molecular weight is 422 g/mol. The summed E-state index contributed by atoms with van der Waals surface area (Å²) in [6.07, 6.45) is -0.00712. The maximum atomic E-state index is 12.3. The lowest BCUT2D eigenvalue weighted by molar-refractivity contribution is -0.133. The van der Waals surface area contributed by atoms with E-state index in [1.807, 2.05) is 24.3 Å². The van der Waals surface area contributed by atoms with Crippen molar-refractivity contribution in [3.63, 3.8) is 0 Å². The fourth-order valence-corrected chi connectivity index (χ4v) is 3.13. The molecule has 150 valence electrons. The van der Waals surface area contributed by atoms with Gasteiger partial charge in [-0.25, -0.2) is 0 Å². The Balaban J connectivity index is 1.44. The number of rotatable bonds is 6. The summed E-state index contributed by atoms with van der Waals surface area (Å²) in [6.45, 7) is 0.480. The normalized spacial score (nSPS) is 11.6. The Morgan fingerprint density at radius 3 is 2.73 bits per heavy atom. The van der Waals surface area contributed by atoms with Crippen LogP contribution in [0.25, 0.3) is 0 Å². The fourth-order valence-electron chi connectivity index (χ4n) is 2.92. The first-order chi connectivity index (χ1) is 14.6. The van der Waals surface area contributed by atoms with Gasteiger partial charge < -0.3 is 18.9 Å². The van der Waals surface area contributed by atoms with E-state index in [-0.39, 0.29) is 31.1 Å². The molecule has 1 aliphatic rings. The Hall–Kier alpha value is -3.69. The first kappa shape index (κ1) is 19.6. The number of fused-ring (bicyclic) bond motifs is 1. The van der Waals surface area contributed by atoms with Gasteiger partial charge in [0.1, 0.15) is 18.4 Å². The van der Waals surface area contributed by atoms with Gasteiger partial charge in [-0.05, 0) is 41.5 Å². The topological polar surface area (TPSA) is 77.8 Å². The summed E-state index contributed by atoms with van der Waals surface area (Å²) in [5.41, 5.74) is 1.77. The number of hydrogen-bond acceptors (Lipinski definition) is 6. The lowest BCUT2D eigenvalue weighted by Crippen LogP contribution is -2.12. The minimum atomic E-state index is -0.521. The number of nitriles is 1. The van der Waals surface area contributed by atoms with Gasteiger partial charge in [-0.1, -0.05) is 35.9 Å². The molecule has 0 aliphatic carbocycles. The van der Waals surface area contributed by atoms with Crippen molar-refractivity contribution in [1.29, 1.82) is 5.26 Å². The van der Waals surface area contributed by atoms with Crippen LogP contribution in [-0.2, 0) is 17.8 Å². The van der Waals surface area contributed by atoms with E-state index >= 15 is 0 Å². The highest BCUT2D eigenvalue weighted by Crippen LogP contribution is 2.33. The van der Waals surface area contributed by atoms with E-state index in [1.165, 1.54) is 6.07 Å². The number of carbonyl (C=O) groups is 1. The monoisotopic (exact) mass is 421 g/mol. The van der Waals surface area contributed by atoms with Crippen molar-refractivity contribution in [3.8, 4) is 29.1 Å².